The summed E-state index contributed by atoms with van der Waals surface area (Å²) >= 11 is 0. The number of hydrogen-bond acceptors (Lipinski definition) is 6. The summed E-state index contributed by atoms with van der Waals surface area (Å²) in [5, 5.41) is 10.9. The van der Waals surface area contributed by atoms with Gasteiger partial charge in [0.15, 0.2) is 5.78 Å². The molecule has 1 saturated heterocycles. The van der Waals surface area contributed by atoms with Gasteiger partial charge in [-0.2, -0.15) is 4.31 Å². The first-order valence-corrected chi connectivity index (χ1v) is 11.5. The van der Waals surface area contributed by atoms with Gasteiger partial charge in [-0.05, 0) is 62.2 Å². The van der Waals surface area contributed by atoms with Gasteiger partial charge in [0.1, 0.15) is 5.52 Å². The number of carbonyl (C=O) groups excluding carboxylic acids is 2. The van der Waals surface area contributed by atoms with Gasteiger partial charge < -0.3 is 5.32 Å². The molecule has 1 amide bonds. The van der Waals surface area contributed by atoms with Crippen LogP contribution >= 0.6 is 0 Å². The topological polar surface area (TPSA) is 114 Å². The molecule has 0 aliphatic carbocycles. The molecule has 2 heterocycles. The van der Waals surface area contributed by atoms with Gasteiger partial charge in [-0.1, -0.05) is 5.21 Å². The molecular formula is C21H23N5O4S. The predicted octanol–water partition coefficient (Wildman–Crippen LogP) is 2.45. The summed E-state index contributed by atoms with van der Waals surface area (Å²) in [5.74, 6) is -0.236. The summed E-state index contributed by atoms with van der Waals surface area (Å²) in [5.41, 5.74) is 2.33. The molecule has 0 radical (unpaired) electrons. The average molecular weight is 442 g/mol. The second kappa shape index (κ2) is 8.56. The second-order valence-electron chi connectivity index (χ2n) is 7.51. The van der Waals surface area contributed by atoms with Crippen LogP contribution in [0.25, 0.3) is 11.0 Å². The van der Waals surface area contributed by atoms with Gasteiger partial charge in [0.25, 0.3) is 0 Å². The normalized spacial score (nSPS) is 14.7. The monoisotopic (exact) mass is 441 g/mol. The van der Waals surface area contributed by atoms with Crippen LogP contribution in [0.4, 0.5) is 5.69 Å². The number of nitrogens with one attached hydrogen (secondary N) is 1. The van der Waals surface area contributed by atoms with E-state index in [0.717, 1.165) is 12.8 Å². The minimum Gasteiger partial charge on any atom is -0.326 e. The summed E-state index contributed by atoms with van der Waals surface area (Å²) in [6.45, 7) is 2.87. The van der Waals surface area contributed by atoms with E-state index in [1.165, 1.54) is 17.3 Å². The van der Waals surface area contributed by atoms with Crippen LogP contribution in [0, 0.1) is 0 Å². The molecule has 162 valence electrons. The zero-order chi connectivity index (χ0) is 22.0. The third-order valence-corrected chi connectivity index (χ3v) is 7.21. The number of benzene rings is 2. The molecule has 1 aliphatic rings. The fourth-order valence-electron chi connectivity index (χ4n) is 3.57. The predicted molar refractivity (Wildman–Crippen MR) is 115 cm³/mol. The van der Waals surface area contributed by atoms with Crippen molar-refractivity contribution in [2.45, 2.75) is 37.6 Å². The maximum absolute atomic E-state index is 12.7. The molecule has 9 nitrogen and oxygen atoms in total. The fraction of sp³-hybridized carbons (Fsp3) is 0.333. The number of nitrogens with zero attached hydrogens (tertiary/aromatic N) is 4. The number of aryl methyl sites for hydroxylation is 1. The molecule has 2 aromatic carbocycles. The molecule has 1 aromatic heterocycles. The smallest absolute Gasteiger partial charge is 0.243 e. The van der Waals surface area contributed by atoms with Crippen molar-refractivity contribution in [2.75, 3.05) is 18.4 Å². The Hall–Kier alpha value is -3.11. The number of anilines is 1. The van der Waals surface area contributed by atoms with Gasteiger partial charge in [-0.25, -0.2) is 13.1 Å². The van der Waals surface area contributed by atoms with Crippen molar-refractivity contribution in [2.24, 2.45) is 0 Å². The van der Waals surface area contributed by atoms with E-state index >= 15 is 0 Å². The van der Waals surface area contributed by atoms with Gasteiger partial charge in [-0.3, -0.25) is 9.59 Å². The summed E-state index contributed by atoms with van der Waals surface area (Å²) in [7, 11) is -3.52. The quantitative estimate of drug-likeness (QED) is 0.563. The summed E-state index contributed by atoms with van der Waals surface area (Å²) in [4.78, 5) is 23.8. The van der Waals surface area contributed by atoms with E-state index in [9.17, 15) is 18.0 Å². The number of Topliss-reactive ketones (excluding diaryl/α,β-unsaturated/α-hetero) is 1. The Kier molecular flexibility index (Phi) is 5.84. The lowest BCUT2D eigenvalue weighted by atomic mass is 10.1. The molecule has 0 saturated carbocycles. The zero-order valence-electron chi connectivity index (χ0n) is 17.1. The first kappa shape index (κ1) is 21.1. The Bertz CT molecular complexity index is 1230. The average Bonchev–Trinajstić information content (AvgIpc) is 3.43. The van der Waals surface area contributed by atoms with Crippen molar-refractivity contribution in [3.05, 3.63) is 48.0 Å². The van der Waals surface area contributed by atoms with Crippen LogP contribution in [0.5, 0.6) is 0 Å². The van der Waals surface area contributed by atoms with Crippen LogP contribution in [0.1, 0.15) is 36.5 Å². The van der Waals surface area contributed by atoms with E-state index in [2.05, 4.69) is 15.6 Å². The molecule has 31 heavy (non-hydrogen) atoms. The third-order valence-electron chi connectivity index (χ3n) is 5.31. The number of rotatable bonds is 7. The number of amides is 1. The van der Waals surface area contributed by atoms with Crippen LogP contribution in [0.2, 0.25) is 0 Å². The van der Waals surface area contributed by atoms with Crippen LogP contribution in [-0.4, -0.2) is 52.5 Å². The molecule has 0 bridgehead atoms. The molecular weight excluding hydrogens is 418 g/mol. The van der Waals surface area contributed by atoms with E-state index in [4.69, 9.17) is 0 Å². The molecule has 1 N–H and O–H groups in total. The van der Waals surface area contributed by atoms with Crippen molar-refractivity contribution >= 4 is 38.4 Å². The lowest BCUT2D eigenvalue weighted by Gasteiger charge is -2.15. The Labute approximate surface area is 180 Å². The van der Waals surface area contributed by atoms with Crippen molar-refractivity contribution in [1.82, 2.24) is 19.3 Å². The van der Waals surface area contributed by atoms with Crippen LogP contribution in [-0.2, 0) is 21.4 Å². The minimum absolute atomic E-state index is 0.0349. The maximum Gasteiger partial charge on any atom is 0.243 e. The van der Waals surface area contributed by atoms with Crippen molar-refractivity contribution in [3.63, 3.8) is 0 Å². The first-order valence-electron chi connectivity index (χ1n) is 10.1. The molecule has 0 atom stereocenters. The van der Waals surface area contributed by atoms with Gasteiger partial charge in [-0.15, -0.1) is 5.10 Å². The van der Waals surface area contributed by atoms with Crippen molar-refractivity contribution in [3.8, 4) is 0 Å². The summed E-state index contributed by atoms with van der Waals surface area (Å²) in [6.07, 6.45) is 1.92. The van der Waals surface area contributed by atoms with E-state index < -0.39 is 10.0 Å². The van der Waals surface area contributed by atoms with E-state index in [1.807, 2.05) is 0 Å². The summed E-state index contributed by atoms with van der Waals surface area (Å²) < 4.78 is 28.5. The number of sulfonamides is 1. The number of ketones is 1. The largest absolute Gasteiger partial charge is 0.326 e. The van der Waals surface area contributed by atoms with Crippen molar-refractivity contribution in [1.29, 1.82) is 0 Å². The molecule has 10 heteroatoms. The molecule has 3 aromatic rings. The van der Waals surface area contributed by atoms with Gasteiger partial charge in [0.05, 0.1) is 17.0 Å². The van der Waals surface area contributed by atoms with E-state index in [0.29, 0.717) is 41.9 Å². The lowest BCUT2D eigenvalue weighted by Crippen LogP contribution is -2.27. The zero-order valence-corrected chi connectivity index (χ0v) is 17.9. The standard InChI is InChI=1S/C21H23N5O4S/c1-15(27)16-4-6-17(7-5-16)22-21(28)10-13-26-20-9-8-18(14-19(20)23-24-26)31(29,30)25-11-2-3-12-25/h4-9,14H,2-3,10-13H2,1H3,(H,22,28). The molecule has 0 spiro atoms. The summed E-state index contributed by atoms with van der Waals surface area (Å²) in [6, 6.07) is 11.5. The van der Waals surface area contributed by atoms with E-state index in [-0.39, 0.29) is 23.0 Å². The molecule has 0 unspecified atom stereocenters. The third kappa shape index (κ3) is 4.49. The highest BCUT2D eigenvalue weighted by atomic mass is 32.2. The number of fused-ring (bicyclic) bond motifs is 1. The van der Waals surface area contributed by atoms with Gasteiger partial charge in [0, 0.05) is 30.8 Å². The maximum atomic E-state index is 12.7. The highest BCUT2D eigenvalue weighted by Gasteiger charge is 2.27. The molecule has 1 aliphatic heterocycles. The highest BCUT2D eigenvalue weighted by molar-refractivity contribution is 7.89. The first-order chi connectivity index (χ1) is 14.8. The van der Waals surface area contributed by atoms with Crippen LogP contribution < -0.4 is 5.32 Å². The van der Waals surface area contributed by atoms with Crippen LogP contribution in [0.15, 0.2) is 47.4 Å². The van der Waals surface area contributed by atoms with Gasteiger partial charge >= 0.3 is 0 Å². The van der Waals surface area contributed by atoms with Crippen molar-refractivity contribution < 1.29 is 18.0 Å². The number of aromatic nitrogens is 3. The molecule has 4 rings (SSSR count). The number of hydrogen-bond donors (Lipinski definition) is 1. The fourth-order valence-corrected chi connectivity index (χ4v) is 5.11. The SMILES string of the molecule is CC(=O)c1ccc(NC(=O)CCn2nnc3cc(S(=O)(=O)N4CCCC4)ccc32)cc1. The Morgan fingerprint density at radius 2 is 1.77 bits per heavy atom. The Morgan fingerprint density at radius 1 is 1.06 bits per heavy atom. The lowest BCUT2D eigenvalue weighted by molar-refractivity contribution is -0.116. The van der Waals surface area contributed by atoms with Crippen LogP contribution in [0.3, 0.4) is 0 Å². The highest BCUT2D eigenvalue weighted by Crippen LogP contribution is 2.23. The minimum atomic E-state index is -3.52. The van der Waals surface area contributed by atoms with Gasteiger partial charge in [0.2, 0.25) is 15.9 Å². The molecule has 1 fully saturated rings. The Balaban J connectivity index is 1.42. The van der Waals surface area contributed by atoms with E-state index in [1.54, 1.807) is 41.1 Å². The second-order valence-corrected chi connectivity index (χ2v) is 9.44. The Morgan fingerprint density at radius 3 is 2.45 bits per heavy atom. The number of carbonyl (C=O) groups is 2.